The van der Waals surface area contributed by atoms with Gasteiger partial charge in [-0.3, -0.25) is 19.3 Å². The van der Waals surface area contributed by atoms with E-state index < -0.39 is 17.1 Å². The zero-order chi connectivity index (χ0) is 23.2. The Balaban J connectivity index is 1.42. The number of nitrogens with zero attached hydrogens (tertiary/aromatic N) is 1. The van der Waals surface area contributed by atoms with Crippen LogP contribution in [0.3, 0.4) is 0 Å². The fourth-order valence-corrected chi connectivity index (χ4v) is 3.94. The molecule has 1 saturated heterocycles. The first-order valence-corrected chi connectivity index (χ1v) is 10.9. The van der Waals surface area contributed by atoms with Crippen LogP contribution in [0.15, 0.2) is 83.8 Å². The highest BCUT2D eigenvalue weighted by molar-refractivity contribution is 8.18. The highest BCUT2D eigenvalue weighted by Crippen LogP contribution is 2.33. The normalized spacial score (nSPS) is 14.5. The first kappa shape index (κ1) is 22.2. The highest BCUT2D eigenvalue weighted by atomic mass is 32.2. The number of para-hydroxylation sites is 1. The van der Waals surface area contributed by atoms with Crippen molar-refractivity contribution in [3.05, 3.63) is 89.3 Å². The lowest BCUT2D eigenvalue weighted by Gasteiger charge is -2.12. The molecule has 0 aromatic heterocycles. The van der Waals surface area contributed by atoms with Crippen molar-refractivity contribution in [3.63, 3.8) is 0 Å². The van der Waals surface area contributed by atoms with Crippen LogP contribution in [0.25, 0.3) is 6.08 Å². The van der Waals surface area contributed by atoms with E-state index in [1.807, 2.05) is 36.4 Å². The minimum atomic E-state index is -0.510. The number of amides is 3. The molecule has 0 saturated carbocycles. The highest BCUT2D eigenvalue weighted by Gasteiger charge is 2.36. The Hall–Kier alpha value is -4.04. The van der Waals surface area contributed by atoms with Crippen LogP contribution in [-0.4, -0.2) is 35.6 Å². The van der Waals surface area contributed by atoms with Crippen LogP contribution in [0.5, 0.6) is 17.2 Å². The molecular formula is C25H20N2O5S. The lowest BCUT2D eigenvalue weighted by atomic mass is 10.2. The fourth-order valence-electron chi connectivity index (χ4n) is 3.10. The number of benzene rings is 3. The van der Waals surface area contributed by atoms with Crippen LogP contribution in [0.4, 0.5) is 10.5 Å². The van der Waals surface area contributed by atoms with Crippen LogP contribution < -0.4 is 14.8 Å². The van der Waals surface area contributed by atoms with Crippen molar-refractivity contribution >= 4 is 40.6 Å². The molecule has 1 fully saturated rings. The summed E-state index contributed by atoms with van der Waals surface area (Å²) in [6.07, 6.45) is 1.62. The minimum Gasteiger partial charge on any atom is -0.497 e. The molecule has 1 N–H and O–H groups in total. The van der Waals surface area contributed by atoms with Crippen molar-refractivity contribution in [2.75, 3.05) is 19.0 Å². The summed E-state index contributed by atoms with van der Waals surface area (Å²) < 4.78 is 10.9. The van der Waals surface area contributed by atoms with Crippen molar-refractivity contribution in [1.82, 2.24) is 4.90 Å². The number of ether oxygens (including phenoxy) is 2. The number of carbonyl (C=O) groups is 3. The summed E-state index contributed by atoms with van der Waals surface area (Å²) >= 11 is 0.801. The van der Waals surface area contributed by atoms with Crippen molar-refractivity contribution in [3.8, 4) is 17.2 Å². The average molecular weight is 461 g/mol. The quantitative estimate of drug-likeness (QED) is 0.490. The molecule has 0 bridgehead atoms. The number of rotatable bonds is 7. The van der Waals surface area contributed by atoms with Gasteiger partial charge in [-0.15, -0.1) is 0 Å². The fraction of sp³-hybridized carbons (Fsp3) is 0.0800. The molecule has 1 aliphatic heterocycles. The van der Waals surface area contributed by atoms with Crippen LogP contribution in [0.1, 0.15) is 5.56 Å². The van der Waals surface area contributed by atoms with Gasteiger partial charge in [0.25, 0.3) is 11.1 Å². The lowest BCUT2D eigenvalue weighted by molar-refractivity contribution is -0.127. The first-order chi connectivity index (χ1) is 16.0. The number of hydrogen-bond donors (Lipinski definition) is 1. The third-order valence-electron chi connectivity index (χ3n) is 4.68. The molecule has 3 amide bonds. The van der Waals surface area contributed by atoms with Gasteiger partial charge >= 0.3 is 0 Å². The molecule has 1 heterocycles. The molecule has 0 radical (unpaired) electrons. The van der Waals surface area contributed by atoms with Crippen molar-refractivity contribution in [2.45, 2.75) is 0 Å². The molecule has 0 spiro atoms. The Labute approximate surface area is 195 Å². The number of nitrogens with one attached hydrogen (secondary N) is 1. The number of thioether (sulfide) groups is 1. The molecule has 3 aromatic carbocycles. The zero-order valence-corrected chi connectivity index (χ0v) is 18.5. The predicted molar refractivity (Wildman–Crippen MR) is 127 cm³/mol. The lowest BCUT2D eigenvalue weighted by Crippen LogP contribution is -2.36. The SMILES string of the molecule is COc1ccc(NC(=O)CN2C(=O)S/C(=C/c3cccc(Oc4ccccc4)c3)C2=O)cc1. The van der Waals surface area contributed by atoms with Crippen LogP contribution >= 0.6 is 11.8 Å². The Morgan fingerprint density at radius 1 is 0.939 bits per heavy atom. The number of methoxy groups -OCH3 is 1. The molecule has 0 unspecified atom stereocenters. The van der Waals surface area contributed by atoms with E-state index in [2.05, 4.69) is 5.32 Å². The molecule has 3 aromatic rings. The van der Waals surface area contributed by atoms with E-state index in [1.165, 1.54) is 0 Å². The Morgan fingerprint density at radius 3 is 2.39 bits per heavy atom. The molecule has 0 atom stereocenters. The standard InChI is InChI=1S/C25H20N2O5S/c1-31-19-12-10-18(11-13-19)26-23(28)16-27-24(29)22(33-25(27)30)15-17-6-5-9-21(14-17)32-20-7-3-2-4-8-20/h2-15H,16H2,1H3,(H,26,28)/b22-15+. The van der Waals surface area contributed by atoms with Gasteiger partial charge in [0.1, 0.15) is 23.8 Å². The summed E-state index contributed by atoms with van der Waals surface area (Å²) in [4.78, 5) is 38.7. The smallest absolute Gasteiger partial charge is 0.294 e. The molecule has 33 heavy (non-hydrogen) atoms. The van der Waals surface area contributed by atoms with Crippen molar-refractivity contribution < 1.29 is 23.9 Å². The molecule has 166 valence electrons. The third kappa shape index (κ3) is 5.61. The third-order valence-corrected chi connectivity index (χ3v) is 5.59. The van der Waals surface area contributed by atoms with Crippen molar-refractivity contribution in [1.29, 1.82) is 0 Å². The Morgan fingerprint density at radius 2 is 1.67 bits per heavy atom. The first-order valence-electron chi connectivity index (χ1n) is 10.0. The van der Waals surface area contributed by atoms with Crippen LogP contribution in [0, 0.1) is 0 Å². The van der Waals surface area contributed by atoms with Crippen LogP contribution in [0.2, 0.25) is 0 Å². The predicted octanol–water partition coefficient (Wildman–Crippen LogP) is 5.16. The topological polar surface area (TPSA) is 84.9 Å². The van der Waals surface area contributed by atoms with E-state index in [1.54, 1.807) is 55.7 Å². The Kier molecular flexibility index (Phi) is 6.75. The van der Waals surface area contributed by atoms with E-state index in [0.717, 1.165) is 16.7 Å². The largest absolute Gasteiger partial charge is 0.497 e. The number of hydrogen-bond acceptors (Lipinski definition) is 6. The molecule has 4 rings (SSSR count). The minimum absolute atomic E-state index is 0.245. The zero-order valence-electron chi connectivity index (χ0n) is 17.7. The summed E-state index contributed by atoms with van der Waals surface area (Å²) in [5.74, 6) is 0.972. The van der Waals surface area contributed by atoms with E-state index in [9.17, 15) is 14.4 Å². The Bertz CT molecular complexity index is 1210. The summed E-state index contributed by atoms with van der Waals surface area (Å²) in [5, 5.41) is 2.18. The van der Waals surface area contributed by atoms with E-state index >= 15 is 0 Å². The molecular weight excluding hydrogens is 440 g/mol. The van der Waals surface area contributed by atoms with E-state index in [4.69, 9.17) is 9.47 Å². The van der Waals surface area contributed by atoms with Gasteiger partial charge in [0.05, 0.1) is 12.0 Å². The summed E-state index contributed by atoms with van der Waals surface area (Å²) in [6.45, 7) is -0.370. The van der Waals surface area contributed by atoms with E-state index in [-0.39, 0.29) is 11.4 Å². The van der Waals surface area contributed by atoms with Crippen LogP contribution in [-0.2, 0) is 9.59 Å². The van der Waals surface area contributed by atoms with Gasteiger partial charge in [-0.25, -0.2) is 0 Å². The molecule has 7 nitrogen and oxygen atoms in total. The van der Waals surface area contributed by atoms with Gasteiger partial charge < -0.3 is 14.8 Å². The van der Waals surface area contributed by atoms with Gasteiger partial charge in [0, 0.05) is 5.69 Å². The summed E-state index contributed by atoms with van der Waals surface area (Å²) in [6, 6.07) is 23.3. The van der Waals surface area contributed by atoms with Gasteiger partial charge in [-0.05, 0) is 71.9 Å². The second-order valence-electron chi connectivity index (χ2n) is 7.03. The maximum Gasteiger partial charge on any atom is 0.294 e. The van der Waals surface area contributed by atoms with Gasteiger partial charge in [-0.1, -0.05) is 30.3 Å². The number of imide groups is 1. The van der Waals surface area contributed by atoms with Gasteiger partial charge in [-0.2, -0.15) is 0 Å². The second kappa shape index (κ2) is 10.1. The van der Waals surface area contributed by atoms with Gasteiger partial charge in [0.15, 0.2) is 0 Å². The number of anilines is 1. The second-order valence-corrected chi connectivity index (χ2v) is 8.03. The average Bonchev–Trinajstić information content (AvgIpc) is 3.07. The van der Waals surface area contributed by atoms with Crippen molar-refractivity contribution in [2.24, 2.45) is 0 Å². The van der Waals surface area contributed by atoms with E-state index in [0.29, 0.717) is 28.5 Å². The summed E-state index contributed by atoms with van der Waals surface area (Å²) in [5.41, 5.74) is 1.25. The maximum atomic E-state index is 12.8. The summed E-state index contributed by atoms with van der Waals surface area (Å²) in [7, 11) is 1.55. The molecule has 0 aliphatic carbocycles. The molecule has 8 heteroatoms. The monoisotopic (exact) mass is 460 g/mol. The molecule has 1 aliphatic rings. The number of carbonyl (C=O) groups excluding carboxylic acids is 3. The van der Waals surface area contributed by atoms with Gasteiger partial charge in [0.2, 0.25) is 5.91 Å². The maximum absolute atomic E-state index is 12.8.